The van der Waals surface area contributed by atoms with Crippen molar-refractivity contribution >= 4 is 56.7 Å². The standard InChI is InChI=1S/C19H18BrCl2N5O3/c20-16-24-17(27(29)30)25-26(16)19-7-10-3-11(8-19)6-18(5-10,9-19)15(28)23-14-4-12(21)1-2-13(14)22/h1-2,4,10-11H,3,5-9H2,(H,23,28)/t10-,11-,18?,19?/m1/s1. The number of nitrogens with zero attached hydrogens (tertiary/aromatic N) is 4. The molecule has 4 fully saturated rings. The van der Waals surface area contributed by atoms with Gasteiger partial charge >= 0.3 is 5.95 Å². The number of benzene rings is 1. The van der Waals surface area contributed by atoms with Gasteiger partial charge in [-0.25, -0.2) is 0 Å². The number of carbonyl (C=O) groups is 1. The monoisotopic (exact) mass is 513 g/mol. The predicted octanol–water partition coefficient (Wildman–Crippen LogP) is 5.19. The number of aromatic nitrogens is 3. The van der Waals surface area contributed by atoms with Crippen molar-refractivity contribution in [3.05, 3.63) is 43.1 Å². The van der Waals surface area contributed by atoms with Crippen LogP contribution in [0.1, 0.15) is 38.5 Å². The number of carbonyl (C=O) groups excluding carboxylic acids is 1. The molecular formula is C19H18BrCl2N5O3. The Morgan fingerprint density at radius 3 is 2.60 bits per heavy atom. The first kappa shape index (κ1) is 20.2. The van der Waals surface area contributed by atoms with E-state index >= 15 is 0 Å². The smallest absolute Gasteiger partial charge is 0.390 e. The molecule has 6 rings (SSSR count). The Bertz CT molecular complexity index is 1060. The Hall–Kier alpha value is -1.71. The van der Waals surface area contributed by atoms with Gasteiger partial charge in [-0.2, -0.15) is 4.68 Å². The average Bonchev–Trinajstić information content (AvgIpc) is 3.06. The Morgan fingerprint density at radius 2 is 1.97 bits per heavy atom. The molecule has 30 heavy (non-hydrogen) atoms. The maximum atomic E-state index is 13.5. The second-order valence-corrected chi connectivity index (χ2v) is 10.4. The number of rotatable bonds is 4. The minimum absolute atomic E-state index is 0.0733. The zero-order valence-corrected chi connectivity index (χ0v) is 18.9. The summed E-state index contributed by atoms with van der Waals surface area (Å²) in [6.07, 6.45) is 4.91. The summed E-state index contributed by atoms with van der Waals surface area (Å²) in [7, 11) is 0. The number of hydrogen-bond donors (Lipinski definition) is 1. The third-order valence-electron chi connectivity index (χ3n) is 6.86. The van der Waals surface area contributed by atoms with Gasteiger partial charge in [-0.1, -0.05) is 23.2 Å². The normalized spacial score (nSPS) is 31.7. The van der Waals surface area contributed by atoms with Crippen LogP contribution < -0.4 is 5.32 Å². The zero-order chi connectivity index (χ0) is 21.3. The molecule has 8 nitrogen and oxygen atoms in total. The van der Waals surface area contributed by atoms with Crippen LogP contribution in [0.15, 0.2) is 22.9 Å². The number of halogens is 3. The number of nitrogens with one attached hydrogen (secondary N) is 1. The molecule has 4 saturated carbocycles. The molecule has 4 bridgehead atoms. The Labute approximate surface area is 190 Å². The topological polar surface area (TPSA) is 103 Å². The van der Waals surface area contributed by atoms with Gasteiger partial charge in [0.25, 0.3) is 4.73 Å². The van der Waals surface area contributed by atoms with Crippen molar-refractivity contribution in [2.24, 2.45) is 17.3 Å². The maximum absolute atomic E-state index is 13.5. The van der Waals surface area contributed by atoms with Gasteiger partial charge in [-0.05, 0) is 78.5 Å². The molecule has 2 atom stereocenters. The highest BCUT2D eigenvalue weighted by atomic mass is 79.9. The third kappa shape index (κ3) is 3.13. The van der Waals surface area contributed by atoms with Crippen LogP contribution in [-0.4, -0.2) is 25.6 Å². The van der Waals surface area contributed by atoms with Gasteiger partial charge in [-0.15, -0.1) is 0 Å². The summed E-state index contributed by atoms with van der Waals surface area (Å²) in [5.41, 5.74) is -0.535. The van der Waals surface area contributed by atoms with Gasteiger partial charge in [0.2, 0.25) is 5.91 Å². The van der Waals surface area contributed by atoms with Crippen molar-refractivity contribution in [3.8, 4) is 0 Å². The van der Waals surface area contributed by atoms with Crippen molar-refractivity contribution in [2.75, 3.05) is 5.32 Å². The van der Waals surface area contributed by atoms with E-state index in [1.165, 1.54) is 0 Å². The molecule has 0 saturated heterocycles. The maximum Gasteiger partial charge on any atom is 0.492 e. The van der Waals surface area contributed by atoms with Gasteiger partial charge < -0.3 is 15.4 Å². The van der Waals surface area contributed by atoms with Crippen molar-refractivity contribution in [2.45, 2.75) is 44.1 Å². The van der Waals surface area contributed by atoms with Crippen LogP contribution in [0.5, 0.6) is 0 Å². The van der Waals surface area contributed by atoms with Crippen LogP contribution in [-0.2, 0) is 10.3 Å². The van der Waals surface area contributed by atoms with E-state index in [0.29, 0.717) is 38.7 Å². The summed E-state index contributed by atoms with van der Waals surface area (Å²) < 4.78 is 1.99. The first-order valence-corrected chi connectivity index (χ1v) is 11.3. The highest BCUT2D eigenvalue weighted by Crippen LogP contribution is 2.64. The Morgan fingerprint density at radius 1 is 1.27 bits per heavy atom. The van der Waals surface area contributed by atoms with Crippen molar-refractivity contribution in [3.63, 3.8) is 0 Å². The molecule has 0 spiro atoms. The van der Waals surface area contributed by atoms with Crippen molar-refractivity contribution < 1.29 is 9.72 Å². The van der Waals surface area contributed by atoms with Crippen molar-refractivity contribution in [1.82, 2.24) is 14.8 Å². The van der Waals surface area contributed by atoms with E-state index in [0.717, 1.165) is 32.1 Å². The molecule has 1 amide bonds. The van der Waals surface area contributed by atoms with Gasteiger partial charge in [-0.3, -0.25) is 4.79 Å². The molecule has 1 N–H and O–H groups in total. The van der Waals surface area contributed by atoms with Gasteiger partial charge in [0.15, 0.2) is 0 Å². The molecule has 2 aromatic rings. The fourth-order valence-corrected chi connectivity index (χ4v) is 7.19. The average molecular weight is 515 g/mol. The molecule has 1 aromatic heterocycles. The molecule has 4 aliphatic rings. The summed E-state index contributed by atoms with van der Waals surface area (Å²) in [5.74, 6) is 0.224. The summed E-state index contributed by atoms with van der Waals surface area (Å²) in [4.78, 5) is 28.1. The van der Waals surface area contributed by atoms with E-state index in [1.54, 1.807) is 22.9 Å². The summed E-state index contributed by atoms with van der Waals surface area (Å²) in [5, 5.41) is 19.3. The highest BCUT2D eigenvalue weighted by molar-refractivity contribution is 9.10. The second kappa shape index (κ2) is 6.90. The summed E-state index contributed by atoms with van der Waals surface area (Å²) in [6, 6.07) is 4.98. The van der Waals surface area contributed by atoms with Crippen LogP contribution in [0.2, 0.25) is 10.0 Å². The number of anilines is 1. The molecule has 0 aliphatic heterocycles. The molecule has 0 radical (unpaired) electrons. The van der Waals surface area contributed by atoms with Crippen molar-refractivity contribution in [1.29, 1.82) is 0 Å². The quantitative estimate of drug-likeness (QED) is 0.446. The van der Waals surface area contributed by atoms with Crippen LogP contribution >= 0.6 is 39.1 Å². The van der Waals surface area contributed by atoms with Crippen LogP contribution in [0, 0.1) is 27.4 Å². The molecule has 4 aliphatic carbocycles. The Balaban J connectivity index is 1.50. The van der Waals surface area contributed by atoms with E-state index in [2.05, 4.69) is 31.3 Å². The minimum Gasteiger partial charge on any atom is -0.390 e. The highest BCUT2D eigenvalue weighted by Gasteiger charge is 2.63. The first-order valence-electron chi connectivity index (χ1n) is 9.74. The largest absolute Gasteiger partial charge is 0.492 e. The molecule has 1 heterocycles. The van der Waals surface area contributed by atoms with Gasteiger partial charge in [0.05, 0.1) is 21.7 Å². The van der Waals surface area contributed by atoms with Crippen LogP contribution in [0.4, 0.5) is 11.6 Å². The van der Waals surface area contributed by atoms with E-state index in [4.69, 9.17) is 23.2 Å². The molecule has 1 aromatic carbocycles. The zero-order valence-electron chi connectivity index (χ0n) is 15.8. The number of hydrogen-bond acceptors (Lipinski definition) is 5. The van der Waals surface area contributed by atoms with E-state index in [-0.39, 0.29) is 5.91 Å². The lowest BCUT2D eigenvalue weighted by molar-refractivity contribution is -0.394. The van der Waals surface area contributed by atoms with Gasteiger partial charge in [0.1, 0.15) is 0 Å². The number of nitro groups is 1. The fourth-order valence-electron chi connectivity index (χ4n) is 6.24. The molecule has 158 valence electrons. The van der Waals surface area contributed by atoms with Crippen LogP contribution in [0.25, 0.3) is 0 Å². The number of amides is 1. The molecule has 11 heteroatoms. The van der Waals surface area contributed by atoms with Crippen LogP contribution in [0.3, 0.4) is 0 Å². The summed E-state index contributed by atoms with van der Waals surface area (Å²) in [6.45, 7) is 0. The second-order valence-electron chi connectivity index (χ2n) is 8.89. The van der Waals surface area contributed by atoms with E-state index < -0.39 is 21.8 Å². The Kier molecular flexibility index (Phi) is 4.65. The summed E-state index contributed by atoms with van der Waals surface area (Å²) >= 11 is 15.7. The van der Waals surface area contributed by atoms with Gasteiger partial charge in [0, 0.05) is 26.1 Å². The minimum atomic E-state index is -0.592. The SMILES string of the molecule is O=C(Nc1cc(Cl)ccc1Cl)C12C[C@H]3C[C@H](C1)CC(n1nc([N+](=O)[O-])nc1Br)(C3)C2. The predicted molar refractivity (Wildman–Crippen MR) is 115 cm³/mol. The lowest BCUT2D eigenvalue weighted by Gasteiger charge is -2.60. The van der Waals surface area contributed by atoms with E-state index in [1.807, 2.05) is 0 Å². The fraction of sp³-hybridized carbons (Fsp3) is 0.526. The third-order valence-corrected chi connectivity index (χ3v) is 7.94. The lowest BCUT2D eigenvalue weighted by Crippen LogP contribution is -2.60. The molecular weight excluding hydrogens is 497 g/mol. The van der Waals surface area contributed by atoms with E-state index in [9.17, 15) is 14.9 Å². The molecule has 0 unspecified atom stereocenters. The first-order chi connectivity index (χ1) is 14.2. The lowest BCUT2D eigenvalue weighted by atomic mass is 9.46.